The maximum absolute atomic E-state index is 14.6. The van der Waals surface area contributed by atoms with Crippen molar-refractivity contribution in [1.29, 1.82) is 0 Å². The molecular formula is C31H21ClFN3O6. The quantitative estimate of drug-likeness (QED) is 0.0997. The summed E-state index contributed by atoms with van der Waals surface area (Å²) in [7, 11) is 1.43. The molecule has 0 saturated carbocycles. The summed E-state index contributed by atoms with van der Waals surface area (Å²) >= 11 is 6.42. The third-order valence-corrected chi connectivity index (χ3v) is 6.86. The zero-order valence-corrected chi connectivity index (χ0v) is 22.7. The second-order valence-electron chi connectivity index (χ2n) is 9.08. The highest BCUT2D eigenvalue weighted by molar-refractivity contribution is 6.34. The van der Waals surface area contributed by atoms with Crippen LogP contribution in [0.4, 0.5) is 4.39 Å². The first-order chi connectivity index (χ1) is 20.4. The molecule has 2 N–H and O–H groups in total. The molecular weight excluding hydrogens is 565 g/mol. The van der Waals surface area contributed by atoms with Crippen LogP contribution in [0.3, 0.4) is 0 Å². The lowest BCUT2D eigenvalue weighted by Crippen LogP contribution is -2.19. The van der Waals surface area contributed by atoms with Crippen molar-refractivity contribution in [1.82, 2.24) is 10.4 Å². The summed E-state index contributed by atoms with van der Waals surface area (Å²) in [6, 6.07) is 21.1. The van der Waals surface area contributed by atoms with E-state index >= 15 is 0 Å². The van der Waals surface area contributed by atoms with Gasteiger partial charge in [-0.3, -0.25) is 4.79 Å². The highest BCUT2D eigenvalue weighted by Crippen LogP contribution is 2.37. The Morgan fingerprint density at radius 3 is 2.67 bits per heavy atom. The number of H-pyrrole nitrogens is 1. The number of halogens is 2. The number of hydrogen-bond donors (Lipinski definition) is 2. The van der Waals surface area contributed by atoms with Crippen molar-refractivity contribution in [2.24, 2.45) is 5.10 Å². The molecule has 0 bridgehead atoms. The standard InChI is InChI=1S/C31H21ClFN3O6/c1-39-25-13-17(9-11-24(25)42-31(38)18-10-12-23-26(14-18)41-16-40-23)15-34-36-30(37)29-27(19-5-2-3-7-21(19)32)20-6-4-8-22(33)28(20)35-29/h2-15,35H,16H2,1H3,(H,36,37). The average Bonchev–Trinajstić information content (AvgIpc) is 3.63. The number of carbonyl (C=O) groups excluding carboxylic acids is 2. The first-order valence-corrected chi connectivity index (χ1v) is 13.0. The number of hydrogen-bond acceptors (Lipinski definition) is 7. The number of nitrogens with one attached hydrogen (secondary N) is 2. The number of aromatic nitrogens is 1. The average molecular weight is 586 g/mol. The maximum Gasteiger partial charge on any atom is 0.343 e. The van der Waals surface area contributed by atoms with Gasteiger partial charge in [-0.2, -0.15) is 5.10 Å². The largest absolute Gasteiger partial charge is 0.493 e. The molecule has 0 fully saturated rings. The Bertz CT molecular complexity index is 1890. The minimum Gasteiger partial charge on any atom is -0.493 e. The molecule has 1 amide bonds. The van der Waals surface area contributed by atoms with Gasteiger partial charge in [0.15, 0.2) is 23.0 Å². The summed E-state index contributed by atoms with van der Waals surface area (Å²) in [6.45, 7) is 0.0912. The van der Waals surface area contributed by atoms with Crippen molar-refractivity contribution in [3.63, 3.8) is 0 Å². The number of benzene rings is 4. The Morgan fingerprint density at radius 1 is 1.00 bits per heavy atom. The molecule has 11 heteroatoms. The summed E-state index contributed by atoms with van der Waals surface area (Å²) in [4.78, 5) is 28.8. The lowest BCUT2D eigenvalue weighted by molar-refractivity contribution is 0.0729. The third-order valence-electron chi connectivity index (χ3n) is 6.53. The Hall–Kier alpha value is -5.35. The van der Waals surface area contributed by atoms with Gasteiger partial charge in [-0.25, -0.2) is 14.6 Å². The van der Waals surface area contributed by atoms with Gasteiger partial charge in [0.25, 0.3) is 5.91 Å². The number of fused-ring (bicyclic) bond motifs is 2. The minimum absolute atomic E-state index is 0.0912. The molecule has 0 spiro atoms. The van der Waals surface area contributed by atoms with Crippen LogP contribution in [-0.4, -0.2) is 37.0 Å². The molecule has 1 aliphatic rings. The van der Waals surface area contributed by atoms with Crippen molar-refractivity contribution in [3.8, 4) is 34.1 Å². The van der Waals surface area contributed by atoms with Gasteiger partial charge in [-0.1, -0.05) is 41.9 Å². The third kappa shape index (κ3) is 5.11. The van der Waals surface area contributed by atoms with Crippen molar-refractivity contribution >= 4 is 40.6 Å². The predicted octanol–water partition coefficient (Wildman–Crippen LogP) is 6.35. The van der Waals surface area contributed by atoms with E-state index in [1.54, 1.807) is 72.8 Å². The monoisotopic (exact) mass is 585 g/mol. The van der Waals surface area contributed by atoms with Crippen molar-refractivity contribution in [2.45, 2.75) is 0 Å². The summed E-state index contributed by atoms with van der Waals surface area (Å²) in [5.74, 6) is -0.243. The van der Waals surface area contributed by atoms with Gasteiger partial charge in [0.05, 0.1) is 24.4 Å². The van der Waals surface area contributed by atoms with E-state index in [1.807, 2.05) is 0 Å². The summed E-state index contributed by atoms with van der Waals surface area (Å²) < 4.78 is 36.1. The molecule has 0 aliphatic carbocycles. The first kappa shape index (κ1) is 26.9. The SMILES string of the molecule is COc1cc(C=NNC(=O)c2[nH]c3c(F)cccc3c2-c2ccccc2Cl)ccc1OC(=O)c1ccc2c(c1)OCO2. The number of carbonyl (C=O) groups is 2. The number of methoxy groups -OCH3 is 1. The minimum atomic E-state index is -0.607. The van der Waals surface area contributed by atoms with Crippen molar-refractivity contribution in [3.05, 3.63) is 107 Å². The van der Waals surface area contributed by atoms with E-state index in [4.69, 9.17) is 30.5 Å². The molecule has 4 aromatic carbocycles. The van der Waals surface area contributed by atoms with E-state index in [-0.39, 0.29) is 35.1 Å². The van der Waals surface area contributed by atoms with E-state index in [2.05, 4.69) is 15.5 Å². The second-order valence-corrected chi connectivity index (χ2v) is 9.49. The van der Waals surface area contributed by atoms with Crippen LogP contribution in [0.15, 0.2) is 84.0 Å². The molecule has 5 aromatic rings. The highest BCUT2D eigenvalue weighted by atomic mass is 35.5. The zero-order valence-electron chi connectivity index (χ0n) is 21.9. The van der Waals surface area contributed by atoms with Gasteiger partial charge in [0.1, 0.15) is 11.5 Å². The molecule has 2 heterocycles. The van der Waals surface area contributed by atoms with Gasteiger partial charge in [0.2, 0.25) is 6.79 Å². The Morgan fingerprint density at radius 2 is 1.83 bits per heavy atom. The van der Waals surface area contributed by atoms with E-state index in [0.29, 0.717) is 38.6 Å². The number of nitrogens with zero attached hydrogens (tertiary/aromatic N) is 1. The van der Waals surface area contributed by atoms with E-state index in [9.17, 15) is 14.0 Å². The van der Waals surface area contributed by atoms with E-state index in [1.165, 1.54) is 19.4 Å². The summed E-state index contributed by atoms with van der Waals surface area (Å²) in [6.07, 6.45) is 1.39. The number of hydrazone groups is 1. The molecule has 6 rings (SSSR count). The Labute approximate surface area is 243 Å². The van der Waals surface area contributed by atoms with Gasteiger partial charge in [-0.05, 0) is 54.1 Å². The molecule has 1 aromatic heterocycles. The van der Waals surface area contributed by atoms with Crippen molar-refractivity contribution in [2.75, 3.05) is 13.9 Å². The normalized spacial score (nSPS) is 12.1. The van der Waals surface area contributed by atoms with E-state index in [0.717, 1.165) is 0 Å². The van der Waals surface area contributed by atoms with Crippen LogP contribution in [0.1, 0.15) is 26.4 Å². The number of rotatable bonds is 7. The number of ether oxygens (including phenoxy) is 4. The van der Waals surface area contributed by atoms with Crippen LogP contribution in [0.2, 0.25) is 5.02 Å². The van der Waals surface area contributed by atoms with Crippen LogP contribution in [0.5, 0.6) is 23.0 Å². The number of para-hydroxylation sites is 1. The molecule has 9 nitrogen and oxygen atoms in total. The molecule has 0 saturated heterocycles. The van der Waals surface area contributed by atoms with Crippen LogP contribution >= 0.6 is 11.6 Å². The number of amides is 1. The fraction of sp³-hybridized carbons (Fsp3) is 0.0645. The van der Waals surface area contributed by atoms with Crippen LogP contribution < -0.4 is 24.4 Å². The Balaban J connectivity index is 1.21. The number of esters is 1. The first-order valence-electron chi connectivity index (χ1n) is 12.6. The van der Waals surface area contributed by atoms with Crippen LogP contribution in [0.25, 0.3) is 22.0 Å². The molecule has 0 radical (unpaired) electrons. The van der Waals surface area contributed by atoms with E-state index < -0.39 is 17.7 Å². The van der Waals surface area contributed by atoms with Gasteiger partial charge >= 0.3 is 5.97 Å². The number of aromatic amines is 1. The smallest absolute Gasteiger partial charge is 0.343 e. The fourth-order valence-corrected chi connectivity index (χ4v) is 4.78. The molecule has 1 aliphatic heterocycles. The predicted molar refractivity (Wildman–Crippen MR) is 154 cm³/mol. The molecule has 0 atom stereocenters. The molecule has 42 heavy (non-hydrogen) atoms. The lowest BCUT2D eigenvalue weighted by Gasteiger charge is -2.10. The van der Waals surface area contributed by atoms with Crippen LogP contribution in [0, 0.1) is 5.82 Å². The fourth-order valence-electron chi connectivity index (χ4n) is 4.55. The maximum atomic E-state index is 14.6. The van der Waals surface area contributed by atoms with Gasteiger partial charge < -0.3 is 23.9 Å². The molecule has 210 valence electrons. The topological polar surface area (TPSA) is 111 Å². The van der Waals surface area contributed by atoms with Crippen LogP contribution in [-0.2, 0) is 0 Å². The zero-order chi connectivity index (χ0) is 29.2. The summed E-state index contributed by atoms with van der Waals surface area (Å²) in [5.41, 5.74) is 4.60. The lowest BCUT2D eigenvalue weighted by atomic mass is 10.0. The van der Waals surface area contributed by atoms with Gasteiger partial charge in [0, 0.05) is 21.5 Å². The second kappa shape index (κ2) is 11.3. The Kier molecular flexibility index (Phi) is 7.20. The summed E-state index contributed by atoms with van der Waals surface area (Å²) in [5, 5.41) is 4.97. The van der Waals surface area contributed by atoms with Gasteiger partial charge in [-0.15, -0.1) is 0 Å². The molecule has 0 unspecified atom stereocenters. The van der Waals surface area contributed by atoms with Crippen molar-refractivity contribution < 1.29 is 32.9 Å². The highest BCUT2D eigenvalue weighted by Gasteiger charge is 2.22.